The normalized spacial score (nSPS) is 14.8. The van der Waals surface area contributed by atoms with Crippen molar-refractivity contribution in [2.24, 2.45) is 17.2 Å². The highest BCUT2D eigenvalue weighted by Crippen LogP contribution is 2.15. The third-order valence-corrected chi connectivity index (χ3v) is 6.69. The van der Waals surface area contributed by atoms with Gasteiger partial charge in [-0.05, 0) is 56.5 Å². The van der Waals surface area contributed by atoms with E-state index >= 15 is 0 Å². The molecule has 2 rings (SSSR count). The first-order valence-electron chi connectivity index (χ1n) is 14.1. The fourth-order valence-electron chi connectivity index (χ4n) is 4.44. The van der Waals surface area contributed by atoms with Gasteiger partial charge < -0.3 is 22.1 Å². The van der Waals surface area contributed by atoms with Crippen molar-refractivity contribution in [2.45, 2.75) is 109 Å². The van der Waals surface area contributed by atoms with E-state index < -0.39 is 5.91 Å². The minimum Gasteiger partial charge on any atom is -0.370 e. The van der Waals surface area contributed by atoms with Gasteiger partial charge in [0.25, 0.3) is 5.91 Å². The fraction of sp³-hybridized carbons (Fsp3) is 0.690. The lowest BCUT2D eigenvalue weighted by Gasteiger charge is -2.22. The number of nitrogens with two attached hydrogens (primary N) is 3. The first kappa shape index (κ1) is 31.6. The first-order chi connectivity index (χ1) is 17.5. The molecule has 0 saturated carbocycles. The molecule has 0 radical (unpaired) electrons. The Kier molecular flexibility index (Phi) is 18.2. The number of hydrogen-bond donors (Lipinski definition) is 3. The Morgan fingerprint density at radius 1 is 0.611 bits per heavy atom. The van der Waals surface area contributed by atoms with Crippen molar-refractivity contribution in [2.75, 3.05) is 19.6 Å². The zero-order valence-electron chi connectivity index (χ0n) is 22.4. The molecule has 0 spiro atoms. The number of hydrogen-bond acceptors (Lipinski definition) is 4. The summed E-state index contributed by atoms with van der Waals surface area (Å²) in [5, 5.41) is 0. The minimum atomic E-state index is -0.464. The second-order valence-electron chi connectivity index (χ2n) is 9.90. The monoisotopic (exact) mass is 502 g/mol. The van der Waals surface area contributed by atoms with Gasteiger partial charge in [0.05, 0.1) is 0 Å². The van der Waals surface area contributed by atoms with Crippen LogP contribution >= 0.6 is 0 Å². The fourth-order valence-corrected chi connectivity index (χ4v) is 4.44. The molecule has 0 aliphatic carbocycles. The molecule has 204 valence electrons. The number of carbonyl (C=O) groups excluding carboxylic acids is 3. The summed E-state index contributed by atoms with van der Waals surface area (Å²) in [7, 11) is 0. The van der Waals surface area contributed by atoms with Crippen LogP contribution in [0, 0.1) is 0 Å². The average Bonchev–Trinajstić information content (AvgIpc) is 2.93. The van der Waals surface area contributed by atoms with E-state index in [9.17, 15) is 14.4 Å². The summed E-state index contributed by atoms with van der Waals surface area (Å²) in [4.78, 5) is 36.1. The van der Waals surface area contributed by atoms with Crippen LogP contribution in [0.2, 0.25) is 0 Å². The van der Waals surface area contributed by atoms with E-state index in [2.05, 4.69) is 0 Å². The number of nitrogens with zero attached hydrogens (tertiary/aromatic N) is 1. The van der Waals surface area contributed by atoms with Crippen molar-refractivity contribution >= 4 is 17.7 Å². The van der Waals surface area contributed by atoms with Gasteiger partial charge in [-0.15, -0.1) is 0 Å². The number of primary amides is 2. The second kappa shape index (κ2) is 20.7. The van der Waals surface area contributed by atoms with E-state index in [1.54, 1.807) is 24.3 Å². The van der Waals surface area contributed by atoms with E-state index in [-0.39, 0.29) is 11.8 Å². The highest BCUT2D eigenvalue weighted by atomic mass is 16.2. The predicted molar refractivity (Wildman–Crippen MR) is 148 cm³/mol. The molecule has 1 fully saturated rings. The second-order valence-corrected chi connectivity index (χ2v) is 9.90. The van der Waals surface area contributed by atoms with E-state index in [0.29, 0.717) is 17.5 Å². The van der Waals surface area contributed by atoms with Crippen molar-refractivity contribution in [3.05, 3.63) is 35.4 Å². The maximum absolute atomic E-state index is 12.6. The van der Waals surface area contributed by atoms with Crippen molar-refractivity contribution in [1.82, 2.24) is 4.90 Å². The molecule has 36 heavy (non-hydrogen) atoms. The van der Waals surface area contributed by atoms with Crippen LogP contribution in [0.5, 0.6) is 0 Å². The number of benzene rings is 1. The Morgan fingerprint density at radius 2 is 1.03 bits per heavy atom. The Hall–Kier alpha value is -2.41. The zero-order valence-corrected chi connectivity index (χ0v) is 22.4. The lowest BCUT2D eigenvalue weighted by atomic mass is 10.1. The highest BCUT2D eigenvalue weighted by molar-refractivity contribution is 5.97. The third-order valence-electron chi connectivity index (χ3n) is 6.69. The van der Waals surface area contributed by atoms with E-state index in [1.807, 2.05) is 4.90 Å². The van der Waals surface area contributed by atoms with Crippen molar-refractivity contribution in [3.8, 4) is 0 Å². The summed E-state index contributed by atoms with van der Waals surface area (Å²) in [6, 6.07) is 6.66. The molecule has 7 heteroatoms. The molecule has 1 aliphatic heterocycles. The molecule has 1 heterocycles. The zero-order chi connectivity index (χ0) is 26.4. The van der Waals surface area contributed by atoms with Crippen LogP contribution in [0.3, 0.4) is 0 Å². The van der Waals surface area contributed by atoms with Crippen LogP contribution < -0.4 is 17.2 Å². The van der Waals surface area contributed by atoms with Gasteiger partial charge in [0, 0.05) is 30.6 Å². The topological polar surface area (TPSA) is 133 Å². The van der Waals surface area contributed by atoms with Crippen molar-refractivity contribution < 1.29 is 14.4 Å². The lowest BCUT2D eigenvalue weighted by Crippen LogP contribution is -2.33. The maximum atomic E-state index is 12.6. The maximum Gasteiger partial charge on any atom is 0.253 e. The van der Waals surface area contributed by atoms with Crippen LogP contribution in [0.15, 0.2) is 24.3 Å². The number of rotatable bonds is 12. The molecule has 0 bridgehead atoms. The first-order valence-corrected chi connectivity index (χ1v) is 14.1. The quantitative estimate of drug-likeness (QED) is 0.334. The molecular formula is C29H50N4O3. The van der Waals surface area contributed by atoms with Gasteiger partial charge in [-0.25, -0.2) is 0 Å². The number of amides is 3. The number of unbranched alkanes of at least 4 members (excludes halogenated alkanes) is 7. The van der Waals surface area contributed by atoms with Gasteiger partial charge in [-0.1, -0.05) is 77.0 Å². The third kappa shape index (κ3) is 15.6. The van der Waals surface area contributed by atoms with E-state index in [1.165, 1.54) is 70.6 Å². The molecule has 6 N–H and O–H groups in total. The van der Waals surface area contributed by atoms with Crippen molar-refractivity contribution in [1.29, 1.82) is 0 Å². The van der Waals surface area contributed by atoms with Crippen molar-refractivity contribution in [3.63, 3.8) is 0 Å². The van der Waals surface area contributed by atoms with Gasteiger partial charge in [0.1, 0.15) is 0 Å². The Morgan fingerprint density at radius 3 is 1.47 bits per heavy atom. The van der Waals surface area contributed by atoms with E-state index in [0.717, 1.165) is 51.7 Å². The van der Waals surface area contributed by atoms with E-state index in [4.69, 9.17) is 17.2 Å². The molecule has 1 aliphatic rings. The summed E-state index contributed by atoms with van der Waals surface area (Å²) in [6.45, 7) is 2.48. The van der Waals surface area contributed by atoms with Crippen LogP contribution in [0.4, 0.5) is 0 Å². The number of carbonyl (C=O) groups is 3. The predicted octanol–water partition coefficient (Wildman–Crippen LogP) is 5.30. The van der Waals surface area contributed by atoms with Gasteiger partial charge in [-0.3, -0.25) is 14.4 Å². The Bertz CT molecular complexity index is 725. The minimum absolute atomic E-state index is 0.0651. The van der Waals surface area contributed by atoms with Gasteiger partial charge in [0.2, 0.25) is 11.8 Å². The van der Waals surface area contributed by atoms with Gasteiger partial charge in [0.15, 0.2) is 0 Å². The molecule has 0 unspecified atom stereocenters. The van der Waals surface area contributed by atoms with Crippen LogP contribution in [-0.2, 0) is 4.79 Å². The summed E-state index contributed by atoms with van der Waals surface area (Å²) in [5.74, 6) is -0.572. The largest absolute Gasteiger partial charge is 0.370 e. The molecule has 0 aromatic heterocycles. The molecule has 3 amide bonds. The lowest BCUT2D eigenvalue weighted by molar-refractivity contribution is -0.118. The van der Waals surface area contributed by atoms with Crippen LogP contribution in [0.1, 0.15) is 130 Å². The summed E-state index contributed by atoms with van der Waals surface area (Å²) < 4.78 is 0. The molecule has 7 nitrogen and oxygen atoms in total. The summed E-state index contributed by atoms with van der Waals surface area (Å²) in [5.41, 5.74) is 16.7. The Labute approximate surface area is 218 Å². The highest BCUT2D eigenvalue weighted by Gasteiger charge is 2.16. The standard InChI is InChI=1S/C18H26N2O2.C11H24N2O/c19-17(21)15-9-11-16(12-10-15)18(22)20-13-7-5-3-1-2-4-6-8-14-20;12-10-8-6-4-2-1-3-5-7-9-11(13)14/h9-12H,1-8,13-14H2,(H2,19,21);1-10,12H2,(H2,13,14). The summed E-state index contributed by atoms with van der Waals surface area (Å²) in [6.07, 6.45) is 19.9. The van der Waals surface area contributed by atoms with Crippen LogP contribution in [0.25, 0.3) is 0 Å². The SMILES string of the molecule is NC(=O)c1ccc(C(=O)N2CCCCCCCCCC2)cc1.NCCCCCCCCCCC(N)=O. The smallest absolute Gasteiger partial charge is 0.253 e. The summed E-state index contributed by atoms with van der Waals surface area (Å²) >= 11 is 0. The average molecular weight is 503 g/mol. The van der Waals surface area contributed by atoms with Gasteiger partial charge in [-0.2, -0.15) is 0 Å². The molecule has 1 saturated heterocycles. The molecule has 0 atom stereocenters. The molecule has 1 aromatic rings. The molecule has 1 aromatic carbocycles. The Balaban J connectivity index is 0.000000402. The van der Waals surface area contributed by atoms with Gasteiger partial charge >= 0.3 is 0 Å². The molecular weight excluding hydrogens is 452 g/mol. The van der Waals surface area contributed by atoms with Crippen LogP contribution in [-0.4, -0.2) is 42.3 Å².